The van der Waals surface area contributed by atoms with Crippen LogP contribution in [-0.2, 0) is 0 Å². The number of benzene rings is 1. The number of rotatable bonds is 7. The van der Waals surface area contributed by atoms with Crippen LogP contribution in [-0.4, -0.2) is 73.8 Å². The summed E-state index contributed by atoms with van der Waals surface area (Å²) < 4.78 is 61.9. The fraction of sp³-hybridized carbons (Fsp3) is 0.370. The Bertz CT molecular complexity index is 1400. The fourth-order valence-electron chi connectivity index (χ4n) is 4.43. The maximum absolute atomic E-state index is 14.7. The van der Waals surface area contributed by atoms with Gasteiger partial charge in [-0.05, 0) is 49.9 Å². The monoisotopic (exact) mass is 563 g/mol. The number of nitrogens with one attached hydrogen (secondary N) is 3. The minimum atomic E-state index is -4.53. The second-order valence-corrected chi connectivity index (χ2v) is 10.1. The average Bonchev–Trinajstić information content (AvgIpc) is 3.24. The normalized spacial score (nSPS) is 17.8. The van der Waals surface area contributed by atoms with Crippen molar-refractivity contribution in [2.75, 3.05) is 51.5 Å². The van der Waals surface area contributed by atoms with Crippen LogP contribution in [0, 0.1) is 11.8 Å². The predicted octanol–water partition coefficient (Wildman–Crippen LogP) is 4.84. The number of nitrogens with zero attached hydrogens (tertiary/aromatic N) is 2. The lowest BCUT2D eigenvalue weighted by atomic mass is 10.0. The first kappa shape index (κ1) is 28.4. The number of amides is 1. The van der Waals surface area contributed by atoms with Gasteiger partial charge in [-0.1, -0.05) is 11.8 Å². The van der Waals surface area contributed by atoms with Gasteiger partial charge in [-0.2, -0.15) is 13.2 Å². The van der Waals surface area contributed by atoms with E-state index in [9.17, 15) is 22.4 Å². The van der Waals surface area contributed by atoms with E-state index in [4.69, 9.17) is 4.74 Å². The molecule has 1 amide bonds. The molecule has 2 aromatic heterocycles. The van der Waals surface area contributed by atoms with Crippen LogP contribution < -0.4 is 20.7 Å². The van der Waals surface area contributed by atoms with E-state index < -0.39 is 17.7 Å². The Morgan fingerprint density at radius 1 is 1.23 bits per heavy atom. The van der Waals surface area contributed by atoms with Crippen LogP contribution >= 0.6 is 11.8 Å². The highest BCUT2D eigenvalue weighted by atomic mass is 32.2. The summed E-state index contributed by atoms with van der Waals surface area (Å²) in [5, 5.41) is 8.73. The molecule has 7 nitrogen and oxygen atoms in total. The van der Waals surface area contributed by atoms with E-state index in [1.165, 1.54) is 24.8 Å². The first-order chi connectivity index (χ1) is 18.6. The number of aromatic nitrogens is 1. The van der Waals surface area contributed by atoms with Crippen molar-refractivity contribution in [2.45, 2.75) is 29.2 Å². The summed E-state index contributed by atoms with van der Waals surface area (Å²) in [5.74, 6) is 5.93. The van der Waals surface area contributed by atoms with Gasteiger partial charge in [0.2, 0.25) is 0 Å². The van der Waals surface area contributed by atoms with Crippen molar-refractivity contribution in [1.29, 1.82) is 0 Å². The largest absolute Gasteiger partial charge is 0.495 e. The van der Waals surface area contributed by atoms with Gasteiger partial charge >= 0.3 is 5.51 Å². The SMILES string of the molecule is CNC(=O)c1ccc(OC)c(NCC#Cc2cc3c(N[C@@H]4CCN(C)C[C@@H]4F)cccn3c2SC(F)(F)F)c1. The smallest absolute Gasteiger partial charge is 0.447 e. The molecule has 12 heteroatoms. The van der Waals surface area contributed by atoms with E-state index in [0.717, 1.165) is 6.54 Å². The Hall–Kier alpha value is -3.56. The molecule has 4 rings (SSSR count). The van der Waals surface area contributed by atoms with Crippen molar-refractivity contribution < 1.29 is 27.1 Å². The molecule has 0 bridgehead atoms. The first-order valence-electron chi connectivity index (χ1n) is 12.2. The number of anilines is 2. The van der Waals surface area contributed by atoms with Crippen LogP contribution in [0.1, 0.15) is 22.3 Å². The van der Waals surface area contributed by atoms with E-state index in [0.29, 0.717) is 34.6 Å². The van der Waals surface area contributed by atoms with Crippen LogP contribution in [0.4, 0.5) is 28.9 Å². The van der Waals surface area contributed by atoms with Gasteiger partial charge in [0.05, 0.1) is 42.2 Å². The summed E-state index contributed by atoms with van der Waals surface area (Å²) in [4.78, 5) is 13.9. The summed E-state index contributed by atoms with van der Waals surface area (Å²) in [6, 6.07) is 9.36. The summed E-state index contributed by atoms with van der Waals surface area (Å²) in [6.45, 7) is 1.09. The molecule has 0 spiro atoms. The fourth-order valence-corrected chi connectivity index (χ4v) is 5.12. The molecule has 3 heterocycles. The number of thioether (sulfide) groups is 1. The molecule has 1 aliphatic heterocycles. The lowest BCUT2D eigenvalue weighted by Crippen LogP contribution is -2.46. The number of ether oxygens (including phenoxy) is 1. The van der Waals surface area contributed by atoms with Crippen molar-refractivity contribution in [3.63, 3.8) is 0 Å². The molecule has 1 aromatic carbocycles. The zero-order valence-electron chi connectivity index (χ0n) is 21.7. The highest BCUT2D eigenvalue weighted by Gasteiger charge is 2.33. The molecule has 0 radical (unpaired) electrons. The molecular formula is C27H29F4N5O2S. The molecular weight excluding hydrogens is 534 g/mol. The van der Waals surface area contributed by atoms with Crippen molar-refractivity contribution in [3.8, 4) is 17.6 Å². The van der Waals surface area contributed by atoms with Gasteiger partial charge in [-0.15, -0.1) is 0 Å². The molecule has 1 aliphatic rings. The van der Waals surface area contributed by atoms with Gasteiger partial charge in [-0.25, -0.2) is 4.39 Å². The van der Waals surface area contributed by atoms with Gasteiger partial charge in [-0.3, -0.25) is 4.79 Å². The van der Waals surface area contributed by atoms with E-state index in [-0.39, 0.29) is 41.3 Å². The number of likely N-dealkylation sites (tertiary alicyclic amines) is 1. The first-order valence-corrected chi connectivity index (χ1v) is 13.0. The third kappa shape index (κ3) is 6.91. The van der Waals surface area contributed by atoms with E-state index in [2.05, 4.69) is 27.8 Å². The number of piperidine rings is 1. The number of fused-ring (bicyclic) bond motifs is 1. The number of pyridine rings is 1. The molecule has 3 aromatic rings. The number of alkyl halides is 4. The Kier molecular flexibility index (Phi) is 8.82. The minimum Gasteiger partial charge on any atom is -0.495 e. The summed E-state index contributed by atoms with van der Waals surface area (Å²) in [5.41, 5.74) is -2.38. The molecule has 208 valence electrons. The zero-order chi connectivity index (χ0) is 28.2. The summed E-state index contributed by atoms with van der Waals surface area (Å²) in [6.07, 6.45) is 1.01. The highest BCUT2D eigenvalue weighted by molar-refractivity contribution is 8.00. The number of hydrogen-bond donors (Lipinski definition) is 3. The van der Waals surface area contributed by atoms with Gasteiger partial charge in [0.15, 0.2) is 0 Å². The molecule has 0 aliphatic carbocycles. The van der Waals surface area contributed by atoms with Crippen molar-refractivity contribution in [3.05, 3.63) is 53.7 Å². The lowest BCUT2D eigenvalue weighted by molar-refractivity contribution is -0.0329. The van der Waals surface area contributed by atoms with Crippen LogP contribution in [0.25, 0.3) is 5.52 Å². The molecule has 0 unspecified atom stereocenters. The van der Waals surface area contributed by atoms with Gasteiger partial charge in [0, 0.05) is 43.7 Å². The topological polar surface area (TPSA) is 70.0 Å². The van der Waals surface area contributed by atoms with Crippen molar-refractivity contribution in [1.82, 2.24) is 14.6 Å². The second-order valence-electron chi connectivity index (χ2n) is 9.06. The number of carbonyl (C=O) groups is 1. The standard InChI is InChI=1S/C27H29F4N5O2S/c1-32-25(37)17-8-9-24(38-3)22(14-17)33-11-4-6-18-15-23-21(34-20-10-13-35(2)16-19(20)28)7-5-12-36(23)26(18)39-27(29,30)31/h5,7-9,12,14-15,19-20,33-34H,10-11,13,16H2,1-3H3,(H,32,37)/t19-,20+/m0/s1. The maximum atomic E-state index is 14.7. The maximum Gasteiger partial charge on any atom is 0.447 e. The lowest BCUT2D eigenvalue weighted by Gasteiger charge is -2.33. The third-order valence-corrected chi connectivity index (χ3v) is 7.18. The van der Waals surface area contributed by atoms with E-state index in [1.807, 2.05) is 11.9 Å². The molecule has 2 atom stereocenters. The van der Waals surface area contributed by atoms with Crippen LogP contribution in [0.2, 0.25) is 0 Å². The molecule has 39 heavy (non-hydrogen) atoms. The van der Waals surface area contributed by atoms with Crippen LogP contribution in [0.3, 0.4) is 0 Å². The second kappa shape index (κ2) is 12.1. The van der Waals surface area contributed by atoms with Gasteiger partial charge in [0.1, 0.15) is 16.9 Å². The number of carbonyl (C=O) groups excluding carboxylic acids is 1. The number of halogens is 4. The quantitative estimate of drug-likeness (QED) is 0.217. The van der Waals surface area contributed by atoms with Crippen molar-refractivity contribution >= 4 is 34.6 Å². The molecule has 1 saturated heterocycles. The average molecular weight is 564 g/mol. The Morgan fingerprint density at radius 2 is 2.03 bits per heavy atom. The van der Waals surface area contributed by atoms with Crippen LogP contribution in [0.15, 0.2) is 47.6 Å². The number of methoxy groups -OCH3 is 1. The third-order valence-electron chi connectivity index (χ3n) is 6.34. The van der Waals surface area contributed by atoms with Crippen molar-refractivity contribution in [2.24, 2.45) is 0 Å². The molecule has 3 N–H and O–H groups in total. The summed E-state index contributed by atoms with van der Waals surface area (Å²) in [7, 11) is 4.86. The minimum absolute atomic E-state index is 0.0759. The zero-order valence-corrected chi connectivity index (χ0v) is 22.5. The van der Waals surface area contributed by atoms with E-state index in [1.54, 1.807) is 36.4 Å². The van der Waals surface area contributed by atoms with Crippen LogP contribution in [0.5, 0.6) is 5.75 Å². The van der Waals surface area contributed by atoms with Gasteiger partial charge < -0.3 is 30.0 Å². The molecule has 0 saturated carbocycles. The Balaban J connectivity index is 1.61. The molecule has 1 fully saturated rings. The Labute approximate surface area is 228 Å². The Morgan fingerprint density at radius 3 is 2.72 bits per heavy atom. The summed E-state index contributed by atoms with van der Waals surface area (Å²) >= 11 is -0.246. The highest BCUT2D eigenvalue weighted by Crippen LogP contribution is 2.41. The number of hydrogen-bond acceptors (Lipinski definition) is 6. The van der Waals surface area contributed by atoms with Gasteiger partial charge in [0.25, 0.3) is 5.91 Å². The predicted molar refractivity (Wildman–Crippen MR) is 145 cm³/mol. The van der Waals surface area contributed by atoms with E-state index >= 15 is 0 Å².